The Morgan fingerprint density at radius 3 is 2.37 bits per heavy atom. The lowest BCUT2D eigenvalue weighted by atomic mass is 10.0. The molecule has 2 aromatic carbocycles. The Balaban J connectivity index is 0.000000238. The summed E-state index contributed by atoms with van der Waals surface area (Å²) in [4.78, 5) is 41.4. The van der Waals surface area contributed by atoms with Crippen LogP contribution in [0.3, 0.4) is 0 Å². The highest BCUT2D eigenvalue weighted by atomic mass is 19.1. The van der Waals surface area contributed by atoms with E-state index in [0.717, 1.165) is 25.0 Å². The molecular weight excluding hydrogens is 643 g/mol. The molecule has 1 aromatic heterocycles. The maximum absolute atomic E-state index is 14.1. The number of aldehydes is 1. The second-order valence-corrected chi connectivity index (χ2v) is 11.4. The summed E-state index contributed by atoms with van der Waals surface area (Å²) < 4.78 is 51.6. The van der Waals surface area contributed by atoms with E-state index in [1.165, 1.54) is 66.8 Å². The molecule has 2 heterocycles. The molecule has 1 aliphatic carbocycles. The van der Waals surface area contributed by atoms with Crippen molar-refractivity contribution in [3.05, 3.63) is 95.8 Å². The number of nitrogens with one attached hydrogen (secondary N) is 2. The van der Waals surface area contributed by atoms with Gasteiger partial charge < -0.3 is 24.8 Å². The molecule has 3 amide bonds. The predicted molar refractivity (Wildman–Crippen MR) is 178 cm³/mol. The number of carbonyl (C=O) groups excluding carboxylic acids is 3. The number of rotatable bonds is 11. The summed E-state index contributed by atoms with van der Waals surface area (Å²) in [6.45, 7) is 5.02. The quantitative estimate of drug-likeness (QED) is 0.0938. The molecular formula is C35H38F3N5O6. The van der Waals surface area contributed by atoms with E-state index in [1.54, 1.807) is 18.7 Å². The number of likely N-dealkylation sites (tertiary alicyclic amines) is 1. The number of aromatic nitrogens is 1. The van der Waals surface area contributed by atoms with Crippen molar-refractivity contribution in [1.82, 2.24) is 9.88 Å². The number of allylic oxidation sites excluding steroid dienone is 2. The van der Waals surface area contributed by atoms with Gasteiger partial charge in [0.2, 0.25) is 6.41 Å². The minimum absolute atomic E-state index is 0.0282. The zero-order chi connectivity index (χ0) is 35.5. The third kappa shape index (κ3) is 9.83. The second-order valence-electron chi connectivity index (χ2n) is 11.4. The van der Waals surface area contributed by atoms with Gasteiger partial charge in [-0.05, 0) is 74.9 Å². The number of hydrogen-bond acceptors (Lipinski definition) is 8. The van der Waals surface area contributed by atoms with Crippen LogP contribution in [-0.4, -0.2) is 66.6 Å². The Labute approximate surface area is 282 Å². The highest BCUT2D eigenvalue weighted by Gasteiger charge is 2.41. The molecule has 11 nitrogen and oxygen atoms in total. The number of ether oxygens (including phenoxy) is 2. The fourth-order valence-corrected chi connectivity index (χ4v) is 5.54. The van der Waals surface area contributed by atoms with Crippen molar-refractivity contribution in [2.24, 2.45) is 11.8 Å². The van der Waals surface area contributed by atoms with Gasteiger partial charge in [0.05, 0.1) is 18.4 Å². The lowest BCUT2D eigenvalue weighted by Gasteiger charge is -2.18. The number of aliphatic hydroxyl groups excluding tert-OH is 1. The molecule has 14 heteroatoms. The number of hydrogen-bond donors (Lipinski definition) is 3. The van der Waals surface area contributed by atoms with Crippen LogP contribution in [0.2, 0.25) is 0 Å². The topological polar surface area (TPSA) is 133 Å². The molecule has 2 atom stereocenters. The van der Waals surface area contributed by atoms with Crippen molar-refractivity contribution >= 4 is 35.9 Å². The standard InChI is InChI=1S/C20H22F2N4O3.C15H16FNO3/c1-23-17-7-16(22)18(8-15(17)21)29-14-2-3-24-19(6-14)25-20(28)26-9-11-4-13(27)5-12(11)10-26;1-3-20-15(12(2)10-18)8-9-17(11-19)14-6-4-13(16)5-7-14/h2-3,6-8,11-13,23,27H,4-5,9-10H2,1H3,(H,24,25,28);4-11H,3H2,1-2H3/b;9-8-,15-12-. The van der Waals surface area contributed by atoms with E-state index >= 15 is 0 Å². The van der Waals surface area contributed by atoms with E-state index in [9.17, 15) is 32.7 Å². The summed E-state index contributed by atoms with van der Waals surface area (Å²) in [5.74, 6) is -0.499. The molecule has 1 saturated heterocycles. The molecule has 0 radical (unpaired) electrons. The number of carbonyl (C=O) groups is 3. The van der Waals surface area contributed by atoms with Crippen LogP contribution in [0.1, 0.15) is 26.7 Å². The highest BCUT2D eigenvalue weighted by molar-refractivity contribution is 5.88. The average Bonchev–Trinajstić information content (AvgIpc) is 3.64. The number of benzene rings is 2. The Morgan fingerprint density at radius 1 is 1.06 bits per heavy atom. The van der Waals surface area contributed by atoms with E-state index in [-0.39, 0.29) is 41.0 Å². The average molecular weight is 682 g/mol. The third-order valence-corrected chi connectivity index (χ3v) is 7.99. The van der Waals surface area contributed by atoms with Crippen LogP contribution in [0.5, 0.6) is 11.5 Å². The van der Waals surface area contributed by atoms with E-state index in [0.29, 0.717) is 61.2 Å². The van der Waals surface area contributed by atoms with Gasteiger partial charge in [-0.25, -0.2) is 22.9 Å². The number of urea groups is 1. The molecule has 1 saturated carbocycles. The first-order valence-corrected chi connectivity index (χ1v) is 15.6. The first-order chi connectivity index (χ1) is 23.5. The molecule has 2 fully saturated rings. The van der Waals surface area contributed by atoms with Gasteiger partial charge in [-0.2, -0.15) is 0 Å². The summed E-state index contributed by atoms with van der Waals surface area (Å²) in [5.41, 5.74) is 0.964. The molecule has 260 valence electrons. The number of anilines is 3. The maximum Gasteiger partial charge on any atom is 0.323 e. The van der Waals surface area contributed by atoms with Gasteiger partial charge in [-0.3, -0.25) is 19.8 Å². The van der Waals surface area contributed by atoms with E-state index in [4.69, 9.17) is 9.47 Å². The van der Waals surface area contributed by atoms with Crippen LogP contribution in [0.15, 0.2) is 78.3 Å². The largest absolute Gasteiger partial charge is 0.493 e. The van der Waals surface area contributed by atoms with Crippen LogP contribution in [0.25, 0.3) is 0 Å². The summed E-state index contributed by atoms with van der Waals surface area (Å²) in [7, 11) is 1.49. The molecule has 5 rings (SSSR count). The molecule has 0 bridgehead atoms. The Hall–Kier alpha value is -5.37. The van der Waals surface area contributed by atoms with Crippen LogP contribution < -0.4 is 20.3 Å². The molecule has 0 spiro atoms. The third-order valence-electron chi connectivity index (χ3n) is 7.99. The van der Waals surface area contributed by atoms with Crippen molar-refractivity contribution in [3.63, 3.8) is 0 Å². The summed E-state index contributed by atoms with van der Waals surface area (Å²) >= 11 is 0. The normalized spacial score (nSPS) is 18.5. The van der Waals surface area contributed by atoms with Gasteiger partial charge in [-0.1, -0.05) is 0 Å². The van der Waals surface area contributed by atoms with E-state index in [2.05, 4.69) is 15.6 Å². The maximum atomic E-state index is 14.1. The number of pyridine rings is 1. The SMILES string of the molecule is CCOC(/C=C\N(C=O)c1ccc(F)cc1)=C(/C)C=O.CNc1cc(F)c(Oc2ccnc(NC(=O)N3CC4CC(O)CC4C3)c2)cc1F. The first-order valence-electron chi connectivity index (χ1n) is 15.6. The summed E-state index contributed by atoms with van der Waals surface area (Å²) in [6, 6.07) is 10.1. The lowest BCUT2D eigenvalue weighted by molar-refractivity contribution is -0.107. The number of halogens is 3. The Morgan fingerprint density at radius 2 is 1.76 bits per heavy atom. The summed E-state index contributed by atoms with van der Waals surface area (Å²) in [6.07, 6.45) is 6.84. The molecule has 3 N–H and O–H groups in total. The Bertz CT molecular complexity index is 1670. The minimum atomic E-state index is -0.719. The van der Waals surface area contributed by atoms with Gasteiger partial charge >= 0.3 is 6.03 Å². The lowest BCUT2D eigenvalue weighted by Crippen LogP contribution is -2.34. The van der Waals surface area contributed by atoms with Crippen LogP contribution in [0.4, 0.5) is 35.2 Å². The van der Waals surface area contributed by atoms with Gasteiger partial charge in [0, 0.05) is 62.0 Å². The molecule has 1 aliphatic heterocycles. The molecule has 3 aromatic rings. The van der Waals surface area contributed by atoms with Crippen molar-refractivity contribution < 1.29 is 42.1 Å². The van der Waals surface area contributed by atoms with Crippen molar-refractivity contribution in [2.75, 3.05) is 42.3 Å². The fraction of sp³-hybridized carbons (Fsp3) is 0.314. The number of aliphatic hydroxyl groups is 1. The van der Waals surface area contributed by atoms with Gasteiger partial charge in [0.15, 0.2) is 11.6 Å². The van der Waals surface area contributed by atoms with Crippen LogP contribution in [0, 0.1) is 29.3 Å². The number of amides is 3. The fourth-order valence-electron chi connectivity index (χ4n) is 5.54. The second kappa shape index (κ2) is 17.2. The van der Waals surface area contributed by atoms with Gasteiger partial charge in [0.25, 0.3) is 0 Å². The van der Waals surface area contributed by atoms with Crippen molar-refractivity contribution in [2.45, 2.75) is 32.8 Å². The first kappa shape index (κ1) is 36.5. The van der Waals surface area contributed by atoms with Crippen LogP contribution in [-0.2, 0) is 14.3 Å². The Kier molecular flexibility index (Phi) is 12.8. The zero-order valence-corrected chi connectivity index (χ0v) is 27.2. The molecule has 49 heavy (non-hydrogen) atoms. The zero-order valence-electron chi connectivity index (χ0n) is 27.2. The predicted octanol–water partition coefficient (Wildman–Crippen LogP) is 6.24. The van der Waals surface area contributed by atoms with E-state index in [1.807, 2.05) is 0 Å². The van der Waals surface area contributed by atoms with Crippen molar-refractivity contribution in [3.8, 4) is 11.5 Å². The summed E-state index contributed by atoms with van der Waals surface area (Å²) in [5, 5.41) is 15.0. The molecule has 2 aliphatic rings. The van der Waals surface area contributed by atoms with Gasteiger partial charge in [0.1, 0.15) is 35.2 Å². The van der Waals surface area contributed by atoms with Crippen LogP contribution >= 0.6 is 0 Å². The van der Waals surface area contributed by atoms with E-state index < -0.39 is 11.6 Å². The van der Waals surface area contributed by atoms with Gasteiger partial charge in [-0.15, -0.1) is 0 Å². The molecule has 2 unspecified atom stereocenters. The number of fused-ring (bicyclic) bond motifs is 1. The smallest absolute Gasteiger partial charge is 0.323 e. The number of nitrogens with zero attached hydrogens (tertiary/aromatic N) is 3. The minimum Gasteiger partial charge on any atom is -0.493 e. The monoisotopic (exact) mass is 681 g/mol. The highest BCUT2D eigenvalue weighted by Crippen LogP contribution is 2.38. The van der Waals surface area contributed by atoms with Crippen molar-refractivity contribution in [1.29, 1.82) is 0 Å².